The number of likely N-dealkylation sites (tertiary alicyclic amines) is 2. The molecule has 0 aliphatic carbocycles. The van der Waals surface area contributed by atoms with Crippen LogP contribution in [0.25, 0.3) is 0 Å². The van der Waals surface area contributed by atoms with Gasteiger partial charge in [-0.2, -0.15) is 0 Å². The van der Waals surface area contributed by atoms with Crippen LogP contribution in [-0.2, 0) is 4.79 Å². The summed E-state index contributed by atoms with van der Waals surface area (Å²) in [4.78, 5) is 28.4. The SMILES string of the molecule is CCC(CC)CC1(O)CCN(C(=O)Nc2cc(Oc3ccc(F)cc3)cc(OC3CCN(C(C)=O)CC3)c2)CC1. The standard InChI is InChI=1S/C31H42FN3O5/c1-4-23(5-2)21-31(38)12-16-35(17-13-31)30(37)33-25-18-28(39-26-8-6-24(32)7-9-26)20-29(19-25)40-27-10-14-34(15-11-27)22(3)36/h6-9,18-20,23,27,38H,4-5,10-17,21H2,1-3H3,(H,33,37). The minimum absolute atomic E-state index is 0.0600. The summed E-state index contributed by atoms with van der Waals surface area (Å²) in [6.07, 6.45) is 5.30. The number of hydrogen-bond donors (Lipinski definition) is 2. The van der Waals surface area contributed by atoms with E-state index in [-0.39, 0.29) is 23.9 Å². The van der Waals surface area contributed by atoms with Crippen molar-refractivity contribution in [3.8, 4) is 17.2 Å². The Labute approximate surface area is 236 Å². The fraction of sp³-hybridized carbons (Fsp3) is 0.548. The number of halogens is 1. The Morgan fingerprint density at radius 1 is 0.975 bits per heavy atom. The zero-order chi connectivity index (χ0) is 28.7. The van der Waals surface area contributed by atoms with Crippen molar-refractivity contribution >= 4 is 17.6 Å². The lowest BCUT2D eigenvalue weighted by atomic mass is 9.81. The molecule has 0 saturated carbocycles. The first-order chi connectivity index (χ1) is 19.2. The van der Waals surface area contributed by atoms with Gasteiger partial charge < -0.3 is 29.7 Å². The van der Waals surface area contributed by atoms with Gasteiger partial charge in [0.05, 0.1) is 5.60 Å². The lowest BCUT2D eigenvalue weighted by Gasteiger charge is -2.39. The van der Waals surface area contributed by atoms with E-state index >= 15 is 0 Å². The van der Waals surface area contributed by atoms with E-state index in [9.17, 15) is 19.1 Å². The summed E-state index contributed by atoms with van der Waals surface area (Å²) in [7, 11) is 0. The zero-order valence-electron chi connectivity index (χ0n) is 23.8. The summed E-state index contributed by atoms with van der Waals surface area (Å²) in [5.74, 6) is 1.63. The first kappa shape index (κ1) is 29.6. The Kier molecular flexibility index (Phi) is 9.90. The highest BCUT2D eigenvalue weighted by Gasteiger charge is 2.35. The Hall–Kier alpha value is -3.33. The van der Waals surface area contributed by atoms with Gasteiger partial charge in [-0.25, -0.2) is 9.18 Å². The van der Waals surface area contributed by atoms with Gasteiger partial charge in [0.25, 0.3) is 0 Å². The third-order valence-corrected chi connectivity index (χ3v) is 8.18. The van der Waals surface area contributed by atoms with Gasteiger partial charge in [-0.05, 0) is 49.4 Å². The maximum atomic E-state index is 13.4. The van der Waals surface area contributed by atoms with Gasteiger partial charge in [0.1, 0.15) is 29.2 Å². The van der Waals surface area contributed by atoms with E-state index in [4.69, 9.17) is 9.47 Å². The summed E-state index contributed by atoms with van der Waals surface area (Å²) in [6, 6.07) is 10.7. The number of hydrogen-bond acceptors (Lipinski definition) is 5. The summed E-state index contributed by atoms with van der Waals surface area (Å²) < 4.78 is 25.6. The molecule has 0 aromatic heterocycles. The number of carbonyl (C=O) groups is 2. The van der Waals surface area contributed by atoms with E-state index in [1.54, 1.807) is 30.0 Å². The molecular formula is C31H42FN3O5. The molecule has 2 aliphatic heterocycles. The van der Waals surface area contributed by atoms with Gasteiger partial charge in [0.2, 0.25) is 5.91 Å². The van der Waals surface area contributed by atoms with Crippen LogP contribution in [0.2, 0.25) is 0 Å². The molecule has 0 spiro atoms. The van der Waals surface area contributed by atoms with Crippen molar-refractivity contribution in [1.29, 1.82) is 0 Å². The molecule has 2 aliphatic rings. The van der Waals surface area contributed by atoms with E-state index in [0.717, 1.165) is 19.3 Å². The van der Waals surface area contributed by atoms with Crippen molar-refractivity contribution in [3.05, 3.63) is 48.3 Å². The first-order valence-corrected chi connectivity index (χ1v) is 14.5. The quantitative estimate of drug-likeness (QED) is 0.385. The van der Waals surface area contributed by atoms with Crippen LogP contribution in [0.3, 0.4) is 0 Å². The van der Waals surface area contributed by atoms with Crippen LogP contribution in [0.5, 0.6) is 17.2 Å². The molecule has 2 aromatic rings. The van der Waals surface area contributed by atoms with Crippen LogP contribution in [0.1, 0.15) is 65.7 Å². The van der Waals surface area contributed by atoms with E-state index < -0.39 is 5.60 Å². The monoisotopic (exact) mass is 555 g/mol. The molecule has 0 unspecified atom stereocenters. The number of anilines is 1. The van der Waals surface area contributed by atoms with Crippen molar-refractivity contribution in [1.82, 2.24) is 9.80 Å². The van der Waals surface area contributed by atoms with Crippen LogP contribution in [0.15, 0.2) is 42.5 Å². The Morgan fingerprint density at radius 3 is 2.20 bits per heavy atom. The predicted molar refractivity (Wildman–Crippen MR) is 152 cm³/mol. The molecule has 40 heavy (non-hydrogen) atoms. The number of amides is 3. The van der Waals surface area contributed by atoms with Crippen LogP contribution in [0.4, 0.5) is 14.9 Å². The molecule has 2 aromatic carbocycles. The van der Waals surface area contributed by atoms with Crippen molar-refractivity contribution < 1.29 is 28.6 Å². The third-order valence-electron chi connectivity index (χ3n) is 8.18. The van der Waals surface area contributed by atoms with Gasteiger partial charge in [0.15, 0.2) is 0 Å². The summed E-state index contributed by atoms with van der Waals surface area (Å²) in [5.41, 5.74) is -0.214. The van der Waals surface area contributed by atoms with Crippen molar-refractivity contribution in [2.45, 2.75) is 77.4 Å². The largest absolute Gasteiger partial charge is 0.490 e. The van der Waals surface area contributed by atoms with Crippen LogP contribution in [0, 0.1) is 11.7 Å². The summed E-state index contributed by atoms with van der Waals surface area (Å²) in [5, 5.41) is 14.1. The van der Waals surface area contributed by atoms with E-state index in [1.807, 2.05) is 4.90 Å². The molecule has 0 bridgehead atoms. The molecule has 0 atom stereocenters. The van der Waals surface area contributed by atoms with Gasteiger partial charge in [-0.1, -0.05) is 26.7 Å². The Balaban J connectivity index is 1.44. The van der Waals surface area contributed by atoms with Crippen molar-refractivity contribution in [2.75, 3.05) is 31.5 Å². The second-order valence-electron chi connectivity index (χ2n) is 11.1. The summed E-state index contributed by atoms with van der Waals surface area (Å²) in [6.45, 7) is 8.10. The van der Waals surface area contributed by atoms with Crippen LogP contribution < -0.4 is 14.8 Å². The number of ether oxygens (including phenoxy) is 2. The molecule has 9 heteroatoms. The number of carbonyl (C=O) groups excluding carboxylic acids is 2. The van der Waals surface area contributed by atoms with E-state index in [2.05, 4.69) is 19.2 Å². The van der Waals surface area contributed by atoms with Gasteiger partial charge in [-0.3, -0.25) is 4.79 Å². The molecule has 2 saturated heterocycles. The number of rotatable bonds is 9. The average Bonchev–Trinajstić information content (AvgIpc) is 2.93. The fourth-order valence-corrected chi connectivity index (χ4v) is 5.54. The molecular weight excluding hydrogens is 513 g/mol. The second-order valence-corrected chi connectivity index (χ2v) is 11.1. The smallest absolute Gasteiger partial charge is 0.321 e. The average molecular weight is 556 g/mol. The fourth-order valence-electron chi connectivity index (χ4n) is 5.54. The van der Waals surface area contributed by atoms with E-state index in [0.29, 0.717) is 80.7 Å². The molecule has 2 N–H and O–H groups in total. The zero-order valence-corrected chi connectivity index (χ0v) is 23.8. The molecule has 218 valence electrons. The molecule has 0 radical (unpaired) electrons. The van der Waals surface area contributed by atoms with Gasteiger partial charge >= 0.3 is 6.03 Å². The summed E-state index contributed by atoms with van der Waals surface area (Å²) >= 11 is 0. The Bertz CT molecular complexity index is 1140. The minimum atomic E-state index is -0.727. The minimum Gasteiger partial charge on any atom is -0.490 e. The number of nitrogens with one attached hydrogen (secondary N) is 1. The number of nitrogens with zero attached hydrogens (tertiary/aromatic N) is 2. The lowest BCUT2D eigenvalue weighted by molar-refractivity contribution is -0.130. The predicted octanol–water partition coefficient (Wildman–Crippen LogP) is 6.19. The van der Waals surface area contributed by atoms with Crippen LogP contribution >= 0.6 is 0 Å². The normalized spacial score (nSPS) is 17.6. The van der Waals surface area contributed by atoms with Gasteiger partial charge in [-0.15, -0.1) is 0 Å². The molecule has 8 nitrogen and oxygen atoms in total. The third kappa shape index (κ3) is 8.10. The highest BCUT2D eigenvalue weighted by atomic mass is 19.1. The molecule has 3 amide bonds. The number of aliphatic hydroxyl groups is 1. The van der Waals surface area contributed by atoms with Crippen molar-refractivity contribution in [3.63, 3.8) is 0 Å². The molecule has 4 rings (SSSR count). The second kappa shape index (κ2) is 13.4. The van der Waals surface area contributed by atoms with Gasteiger partial charge in [0, 0.05) is 69.8 Å². The number of benzene rings is 2. The lowest BCUT2D eigenvalue weighted by Crippen LogP contribution is -2.48. The Morgan fingerprint density at radius 2 is 1.60 bits per heavy atom. The topological polar surface area (TPSA) is 91.3 Å². The highest BCUT2D eigenvalue weighted by Crippen LogP contribution is 2.34. The van der Waals surface area contributed by atoms with Crippen LogP contribution in [-0.4, -0.2) is 64.7 Å². The molecule has 2 fully saturated rings. The number of piperidine rings is 2. The first-order valence-electron chi connectivity index (χ1n) is 14.5. The van der Waals surface area contributed by atoms with E-state index in [1.165, 1.54) is 24.3 Å². The maximum Gasteiger partial charge on any atom is 0.321 e. The van der Waals surface area contributed by atoms with Crippen molar-refractivity contribution in [2.24, 2.45) is 5.92 Å². The maximum absolute atomic E-state index is 13.4. The number of urea groups is 1. The highest BCUT2D eigenvalue weighted by molar-refractivity contribution is 5.90. The molecule has 2 heterocycles.